The minimum Gasteiger partial charge on any atom is -0.371 e. The number of rotatable bonds is 5. The highest BCUT2D eigenvalue weighted by Crippen LogP contribution is 2.36. The van der Waals surface area contributed by atoms with Crippen molar-refractivity contribution in [2.45, 2.75) is 19.1 Å². The summed E-state index contributed by atoms with van der Waals surface area (Å²) in [5.74, 6) is 0. The lowest BCUT2D eigenvalue weighted by molar-refractivity contribution is -0.384. The van der Waals surface area contributed by atoms with Crippen LogP contribution in [0.5, 0.6) is 0 Å². The first-order valence-electron chi connectivity index (χ1n) is 8.83. The zero-order chi connectivity index (χ0) is 18.7. The quantitative estimate of drug-likeness (QED) is 0.603. The second kappa shape index (κ2) is 7.85. The highest BCUT2D eigenvalue weighted by Gasteiger charge is 2.26. The number of morpholine rings is 1. The van der Waals surface area contributed by atoms with E-state index in [1.54, 1.807) is 6.07 Å². The van der Waals surface area contributed by atoms with E-state index in [-0.39, 0.29) is 22.8 Å². The van der Waals surface area contributed by atoms with Crippen LogP contribution in [0.25, 0.3) is 0 Å². The van der Waals surface area contributed by atoms with Crippen LogP contribution < -0.4 is 4.90 Å². The third-order valence-corrected chi connectivity index (χ3v) is 5.08. The smallest absolute Gasteiger partial charge is 0.292 e. The fraction of sp³-hybridized carbons (Fsp3) is 0.400. The van der Waals surface area contributed by atoms with E-state index in [4.69, 9.17) is 4.74 Å². The normalized spacial score (nSPS) is 19.1. The Balaban J connectivity index is 1.95. The molecular formula is C20H25N3O3. The predicted molar refractivity (Wildman–Crippen MR) is 103 cm³/mol. The fourth-order valence-corrected chi connectivity index (χ4v) is 3.32. The molecule has 1 aliphatic rings. The Labute approximate surface area is 154 Å². The molecule has 2 atom stereocenters. The highest BCUT2D eigenvalue weighted by atomic mass is 16.6. The van der Waals surface area contributed by atoms with Crippen LogP contribution in [0.4, 0.5) is 11.4 Å². The first-order valence-corrected chi connectivity index (χ1v) is 8.83. The second-order valence-electron chi connectivity index (χ2n) is 6.82. The Hall–Kier alpha value is -2.44. The number of likely N-dealkylation sites (N-methyl/N-ethyl adjacent to an activating group) is 1. The Kier molecular flexibility index (Phi) is 5.54. The van der Waals surface area contributed by atoms with Gasteiger partial charge in [-0.05, 0) is 37.2 Å². The summed E-state index contributed by atoms with van der Waals surface area (Å²) < 4.78 is 5.88. The van der Waals surface area contributed by atoms with Gasteiger partial charge in [0.15, 0.2) is 0 Å². The molecule has 1 heterocycles. The van der Waals surface area contributed by atoms with Crippen molar-refractivity contribution >= 4 is 11.4 Å². The van der Waals surface area contributed by atoms with Crippen LogP contribution in [-0.4, -0.2) is 43.6 Å². The summed E-state index contributed by atoms with van der Waals surface area (Å²) in [5, 5.41) is 11.6. The van der Waals surface area contributed by atoms with Gasteiger partial charge in [-0.2, -0.15) is 0 Å². The third kappa shape index (κ3) is 3.86. The van der Waals surface area contributed by atoms with Crippen LogP contribution in [0.2, 0.25) is 0 Å². The van der Waals surface area contributed by atoms with Crippen molar-refractivity contribution in [3.63, 3.8) is 0 Å². The number of ether oxygens (including phenoxy) is 1. The van der Waals surface area contributed by atoms with Crippen molar-refractivity contribution in [1.29, 1.82) is 0 Å². The summed E-state index contributed by atoms with van der Waals surface area (Å²) >= 11 is 0. The van der Waals surface area contributed by atoms with Crippen LogP contribution in [-0.2, 0) is 4.74 Å². The van der Waals surface area contributed by atoms with E-state index in [0.717, 1.165) is 24.2 Å². The molecule has 26 heavy (non-hydrogen) atoms. The van der Waals surface area contributed by atoms with Crippen molar-refractivity contribution in [3.05, 3.63) is 69.8 Å². The molecule has 0 amide bonds. The molecule has 2 aromatic rings. The fourth-order valence-electron chi connectivity index (χ4n) is 3.32. The summed E-state index contributed by atoms with van der Waals surface area (Å²) in [6.07, 6.45) is -0.0614. The Bertz CT molecular complexity index is 766. The number of hydrogen-bond donors (Lipinski definition) is 0. The minimum atomic E-state index is -0.318. The number of hydrogen-bond acceptors (Lipinski definition) is 5. The minimum absolute atomic E-state index is 0.0140. The summed E-state index contributed by atoms with van der Waals surface area (Å²) in [5.41, 5.74) is 2.82. The van der Waals surface area contributed by atoms with E-state index in [9.17, 15) is 10.1 Å². The standard InChI is InChI=1S/C20H25N3O3/c1-15(16-7-5-4-6-8-16)22(3)19-13-17(9-10-18(19)23(24)25)20-14-21(2)11-12-26-20/h4-10,13,15,20H,11-12,14H2,1-3H3. The maximum Gasteiger partial charge on any atom is 0.292 e. The van der Waals surface area contributed by atoms with E-state index in [1.807, 2.05) is 54.4 Å². The maximum atomic E-state index is 11.6. The van der Waals surface area contributed by atoms with Crippen molar-refractivity contribution < 1.29 is 9.66 Å². The number of benzene rings is 2. The van der Waals surface area contributed by atoms with Crippen LogP contribution in [0.15, 0.2) is 48.5 Å². The van der Waals surface area contributed by atoms with Gasteiger partial charge in [-0.3, -0.25) is 10.1 Å². The van der Waals surface area contributed by atoms with Gasteiger partial charge in [-0.1, -0.05) is 30.3 Å². The SMILES string of the molecule is CC(c1ccccc1)N(C)c1cc(C2CN(C)CCO2)ccc1[N+](=O)[O-]. The molecule has 1 fully saturated rings. The van der Waals surface area contributed by atoms with Crippen molar-refractivity contribution in [3.8, 4) is 0 Å². The topological polar surface area (TPSA) is 58.8 Å². The van der Waals surface area contributed by atoms with E-state index in [0.29, 0.717) is 12.3 Å². The first-order chi connectivity index (χ1) is 12.5. The van der Waals surface area contributed by atoms with E-state index < -0.39 is 0 Å². The van der Waals surface area contributed by atoms with Gasteiger partial charge in [0.2, 0.25) is 0 Å². The molecule has 0 bridgehead atoms. The number of nitro groups is 1. The Morgan fingerprint density at radius 1 is 1.27 bits per heavy atom. The second-order valence-corrected chi connectivity index (χ2v) is 6.82. The zero-order valence-corrected chi connectivity index (χ0v) is 15.5. The number of nitrogens with zero attached hydrogens (tertiary/aromatic N) is 3. The van der Waals surface area contributed by atoms with Gasteiger partial charge >= 0.3 is 0 Å². The average Bonchev–Trinajstić information content (AvgIpc) is 2.67. The molecule has 0 N–H and O–H groups in total. The van der Waals surface area contributed by atoms with Crippen molar-refractivity contribution in [2.75, 3.05) is 38.7 Å². The number of anilines is 1. The van der Waals surface area contributed by atoms with Gasteiger partial charge in [-0.15, -0.1) is 0 Å². The molecule has 1 saturated heterocycles. The summed E-state index contributed by atoms with van der Waals surface area (Å²) in [6, 6.07) is 15.3. The molecule has 0 aromatic heterocycles. The Morgan fingerprint density at radius 2 is 2.00 bits per heavy atom. The molecular weight excluding hydrogens is 330 g/mol. The molecule has 0 spiro atoms. The predicted octanol–water partition coefficient (Wildman–Crippen LogP) is 3.80. The molecule has 0 saturated carbocycles. The summed E-state index contributed by atoms with van der Waals surface area (Å²) in [4.78, 5) is 15.4. The highest BCUT2D eigenvalue weighted by molar-refractivity contribution is 5.65. The van der Waals surface area contributed by atoms with Crippen molar-refractivity contribution in [2.24, 2.45) is 0 Å². The van der Waals surface area contributed by atoms with E-state index >= 15 is 0 Å². The van der Waals surface area contributed by atoms with Crippen LogP contribution in [0.1, 0.15) is 30.2 Å². The van der Waals surface area contributed by atoms with Crippen molar-refractivity contribution in [1.82, 2.24) is 4.90 Å². The van der Waals surface area contributed by atoms with Crippen LogP contribution in [0.3, 0.4) is 0 Å². The monoisotopic (exact) mass is 355 g/mol. The molecule has 2 unspecified atom stereocenters. The molecule has 2 aromatic carbocycles. The molecule has 138 valence electrons. The lowest BCUT2D eigenvalue weighted by Gasteiger charge is -2.32. The molecule has 1 aliphatic heterocycles. The van der Waals surface area contributed by atoms with E-state index in [1.165, 1.54) is 0 Å². The molecule has 0 radical (unpaired) electrons. The third-order valence-electron chi connectivity index (χ3n) is 5.08. The van der Waals surface area contributed by atoms with Crippen LogP contribution >= 0.6 is 0 Å². The first kappa shape index (κ1) is 18.4. The Morgan fingerprint density at radius 3 is 2.65 bits per heavy atom. The van der Waals surface area contributed by atoms with Gasteiger partial charge in [-0.25, -0.2) is 0 Å². The summed E-state index contributed by atoms with van der Waals surface area (Å²) in [6.45, 7) is 4.41. The van der Waals surface area contributed by atoms with Gasteiger partial charge in [0.25, 0.3) is 5.69 Å². The van der Waals surface area contributed by atoms with Gasteiger partial charge in [0, 0.05) is 26.2 Å². The zero-order valence-electron chi connectivity index (χ0n) is 15.5. The van der Waals surface area contributed by atoms with Gasteiger partial charge in [0.05, 0.1) is 23.7 Å². The molecule has 3 rings (SSSR count). The molecule has 6 nitrogen and oxygen atoms in total. The molecule has 0 aliphatic carbocycles. The average molecular weight is 355 g/mol. The maximum absolute atomic E-state index is 11.6. The lowest BCUT2D eigenvalue weighted by Crippen LogP contribution is -2.35. The summed E-state index contributed by atoms with van der Waals surface area (Å²) in [7, 11) is 3.96. The van der Waals surface area contributed by atoms with Gasteiger partial charge < -0.3 is 14.5 Å². The number of nitro benzene ring substituents is 1. The van der Waals surface area contributed by atoms with E-state index in [2.05, 4.69) is 18.9 Å². The van der Waals surface area contributed by atoms with Crippen LogP contribution in [0, 0.1) is 10.1 Å². The largest absolute Gasteiger partial charge is 0.371 e. The molecule has 6 heteroatoms. The van der Waals surface area contributed by atoms with Gasteiger partial charge in [0.1, 0.15) is 5.69 Å². The lowest BCUT2D eigenvalue weighted by atomic mass is 10.0.